The number of ether oxygens (including phenoxy) is 3. The summed E-state index contributed by atoms with van der Waals surface area (Å²) in [6.45, 7) is 6.52. The Morgan fingerprint density at radius 2 is 0.629 bits per heavy atom. The van der Waals surface area contributed by atoms with E-state index in [9.17, 15) is 14.4 Å². The molecule has 6 nitrogen and oxygen atoms in total. The number of carbonyl (C=O) groups is 3. The Morgan fingerprint density at radius 1 is 0.339 bits per heavy atom. The Labute approximate surface area is 385 Å². The van der Waals surface area contributed by atoms with Crippen LogP contribution in [0, 0.1) is 0 Å². The maximum atomic E-state index is 12.8. The zero-order valence-corrected chi connectivity index (χ0v) is 41.4. The molecule has 0 amide bonds. The summed E-state index contributed by atoms with van der Waals surface area (Å²) in [6.07, 6.45) is 59.9. The van der Waals surface area contributed by atoms with Crippen molar-refractivity contribution in [1.29, 1.82) is 0 Å². The van der Waals surface area contributed by atoms with Crippen molar-refractivity contribution in [2.45, 2.75) is 290 Å². The van der Waals surface area contributed by atoms with Gasteiger partial charge in [0.1, 0.15) is 13.2 Å². The molecular formula is C56H102O6. The second-order valence-electron chi connectivity index (χ2n) is 18.2. The highest BCUT2D eigenvalue weighted by molar-refractivity contribution is 5.71. The maximum Gasteiger partial charge on any atom is 0.306 e. The lowest BCUT2D eigenvalue weighted by Crippen LogP contribution is -2.30. The van der Waals surface area contributed by atoms with Gasteiger partial charge in [0.15, 0.2) is 6.10 Å². The third-order valence-electron chi connectivity index (χ3n) is 12.0. The van der Waals surface area contributed by atoms with Crippen molar-refractivity contribution in [3.63, 3.8) is 0 Å². The predicted molar refractivity (Wildman–Crippen MR) is 266 cm³/mol. The van der Waals surface area contributed by atoms with Crippen molar-refractivity contribution < 1.29 is 28.6 Å². The van der Waals surface area contributed by atoms with Crippen molar-refractivity contribution in [2.75, 3.05) is 13.2 Å². The molecule has 1 atom stereocenters. The zero-order chi connectivity index (χ0) is 45.1. The van der Waals surface area contributed by atoms with Crippen molar-refractivity contribution in [2.24, 2.45) is 0 Å². The molecule has 62 heavy (non-hydrogen) atoms. The largest absolute Gasteiger partial charge is 0.462 e. The number of unbranched alkanes of at least 4 members (excludes halogenated alkanes) is 34. The SMILES string of the molecule is CC\C=C/C=C\C=C/CCCCCCCCCC(=O)OC(COC(=O)CCCCCCCCCCCC)COC(=O)CCCCCCCCCCCCCCCCCCCCC. The minimum absolute atomic E-state index is 0.0728. The molecule has 0 fully saturated rings. The Bertz CT molecular complexity index is 1050. The number of hydrogen-bond acceptors (Lipinski definition) is 6. The van der Waals surface area contributed by atoms with E-state index >= 15 is 0 Å². The van der Waals surface area contributed by atoms with E-state index in [4.69, 9.17) is 14.2 Å². The van der Waals surface area contributed by atoms with Crippen LogP contribution in [-0.4, -0.2) is 37.2 Å². The maximum absolute atomic E-state index is 12.8. The van der Waals surface area contributed by atoms with Crippen LogP contribution in [0.1, 0.15) is 284 Å². The first-order chi connectivity index (χ1) is 30.5. The quantitative estimate of drug-likeness (QED) is 0.0262. The van der Waals surface area contributed by atoms with Crippen LogP contribution in [0.3, 0.4) is 0 Å². The van der Waals surface area contributed by atoms with Crippen LogP contribution in [0.2, 0.25) is 0 Å². The molecule has 0 saturated heterocycles. The topological polar surface area (TPSA) is 78.9 Å². The first-order valence-electron chi connectivity index (χ1n) is 27.0. The van der Waals surface area contributed by atoms with Gasteiger partial charge in [0.05, 0.1) is 0 Å². The monoisotopic (exact) mass is 871 g/mol. The highest BCUT2D eigenvalue weighted by atomic mass is 16.6. The smallest absolute Gasteiger partial charge is 0.306 e. The molecule has 0 aliphatic rings. The van der Waals surface area contributed by atoms with Gasteiger partial charge in [0, 0.05) is 19.3 Å². The summed E-state index contributed by atoms with van der Waals surface area (Å²) in [5.74, 6) is -0.872. The zero-order valence-electron chi connectivity index (χ0n) is 41.4. The first kappa shape index (κ1) is 59.6. The number of esters is 3. The lowest BCUT2D eigenvalue weighted by atomic mass is 10.0. The molecule has 0 aliphatic heterocycles. The second kappa shape index (κ2) is 51.3. The first-order valence-corrected chi connectivity index (χ1v) is 27.0. The van der Waals surface area contributed by atoms with Gasteiger partial charge in [0.2, 0.25) is 0 Å². The van der Waals surface area contributed by atoms with Gasteiger partial charge in [0.25, 0.3) is 0 Å². The third-order valence-corrected chi connectivity index (χ3v) is 12.0. The Kier molecular flexibility index (Phi) is 49.3. The highest BCUT2D eigenvalue weighted by Gasteiger charge is 2.19. The molecule has 0 radical (unpaired) electrons. The molecule has 0 N–H and O–H groups in total. The molecular weight excluding hydrogens is 769 g/mol. The minimum atomic E-state index is -0.773. The normalized spacial score (nSPS) is 12.2. The van der Waals surface area contributed by atoms with Crippen LogP contribution in [0.15, 0.2) is 36.5 Å². The van der Waals surface area contributed by atoms with Crippen LogP contribution in [0.5, 0.6) is 0 Å². The lowest BCUT2D eigenvalue weighted by molar-refractivity contribution is -0.167. The van der Waals surface area contributed by atoms with E-state index in [-0.39, 0.29) is 31.1 Å². The summed E-state index contributed by atoms with van der Waals surface area (Å²) in [5, 5.41) is 0. The van der Waals surface area contributed by atoms with Gasteiger partial charge >= 0.3 is 17.9 Å². The summed E-state index contributed by atoms with van der Waals surface area (Å²) in [4.78, 5) is 38.0. The molecule has 362 valence electrons. The molecule has 0 aliphatic carbocycles. The Morgan fingerprint density at radius 3 is 0.968 bits per heavy atom. The molecule has 0 rings (SSSR count). The van der Waals surface area contributed by atoms with Crippen LogP contribution in [0.4, 0.5) is 0 Å². The minimum Gasteiger partial charge on any atom is -0.462 e. The standard InChI is InChI=1S/C56H102O6/c1-4-7-10-13-16-19-22-24-26-27-28-29-31-32-34-37-40-43-46-49-55(58)61-52-53(51-60-54(57)48-45-42-39-36-21-18-15-12-9-6-3)62-56(59)50-47-44-41-38-35-33-30-25-23-20-17-14-11-8-5-2/h8,11,14,17,20,23,53H,4-7,9-10,12-13,15-16,18-19,21-22,24-52H2,1-3H3/b11-8-,17-14-,23-20-. The van der Waals surface area contributed by atoms with Gasteiger partial charge in [-0.2, -0.15) is 0 Å². The van der Waals surface area contributed by atoms with Crippen molar-refractivity contribution >= 4 is 17.9 Å². The third kappa shape index (κ3) is 48.7. The Hall–Kier alpha value is -2.37. The molecule has 6 heteroatoms. The van der Waals surface area contributed by atoms with E-state index in [0.29, 0.717) is 19.3 Å². The van der Waals surface area contributed by atoms with E-state index in [0.717, 1.165) is 70.6 Å². The van der Waals surface area contributed by atoms with E-state index in [1.165, 1.54) is 173 Å². The van der Waals surface area contributed by atoms with Gasteiger partial charge in [-0.1, -0.05) is 263 Å². The van der Waals surface area contributed by atoms with Crippen LogP contribution >= 0.6 is 0 Å². The van der Waals surface area contributed by atoms with E-state index < -0.39 is 6.10 Å². The number of rotatable bonds is 49. The predicted octanol–water partition coefficient (Wildman–Crippen LogP) is 17.7. The molecule has 0 bridgehead atoms. The van der Waals surface area contributed by atoms with E-state index in [2.05, 4.69) is 57.2 Å². The number of allylic oxidation sites excluding steroid dienone is 6. The van der Waals surface area contributed by atoms with E-state index in [1.54, 1.807) is 0 Å². The van der Waals surface area contributed by atoms with E-state index in [1.807, 2.05) is 0 Å². The summed E-state index contributed by atoms with van der Waals surface area (Å²) in [5.41, 5.74) is 0. The molecule has 0 saturated carbocycles. The van der Waals surface area contributed by atoms with Gasteiger partial charge in [-0.05, 0) is 38.5 Å². The lowest BCUT2D eigenvalue weighted by Gasteiger charge is -2.18. The summed E-state index contributed by atoms with van der Waals surface area (Å²) < 4.78 is 16.8. The number of carbonyl (C=O) groups excluding carboxylic acids is 3. The summed E-state index contributed by atoms with van der Waals surface area (Å²) in [6, 6.07) is 0. The fourth-order valence-corrected chi connectivity index (χ4v) is 7.91. The fraction of sp³-hybridized carbons (Fsp3) is 0.839. The van der Waals surface area contributed by atoms with Gasteiger partial charge in [-0.15, -0.1) is 0 Å². The number of hydrogen-bond donors (Lipinski definition) is 0. The van der Waals surface area contributed by atoms with Gasteiger partial charge < -0.3 is 14.2 Å². The van der Waals surface area contributed by atoms with Crippen molar-refractivity contribution in [3.8, 4) is 0 Å². The molecule has 0 spiro atoms. The van der Waals surface area contributed by atoms with Crippen LogP contribution < -0.4 is 0 Å². The summed E-state index contributed by atoms with van der Waals surface area (Å²) >= 11 is 0. The average Bonchev–Trinajstić information content (AvgIpc) is 3.27. The summed E-state index contributed by atoms with van der Waals surface area (Å²) in [7, 11) is 0. The molecule has 0 aromatic carbocycles. The van der Waals surface area contributed by atoms with Crippen LogP contribution in [0.25, 0.3) is 0 Å². The van der Waals surface area contributed by atoms with Gasteiger partial charge in [-0.25, -0.2) is 0 Å². The molecule has 0 aromatic heterocycles. The fourth-order valence-electron chi connectivity index (χ4n) is 7.91. The van der Waals surface area contributed by atoms with Gasteiger partial charge in [-0.3, -0.25) is 14.4 Å². The highest BCUT2D eigenvalue weighted by Crippen LogP contribution is 2.17. The van der Waals surface area contributed by atoms with Crippen LogP contribution in [-0.2, 0) is 28.6 Å². The average molecular weight is 871 g/mol. The molecule has 1 unspecified atom stereocenters. The van der Waals surface area contributed by atoms with Crippen molar-refractivity contribution in [3.05, 3.63) is 36.5 Å². The second-order valence-corrected chi connectivity index (χ2v) is 18.2. The van der Waals surface area contributed by atoms with Crippen molar-refractivity contribution in [1.82, 2.24) is 0 Å². The Balaban J connectivity index is 4.28. The molecule has 0 aromatic rings. The molecule has 0 heterocycles.